The van der Waals surface area contributed by atoms with Gasteiger partial charge < -0.3 is 0 Å². The summed E-state index contributed by atoms with van der Waals surface area (Å²) < 4.78 is 27.5. The highest BCUT2D eigenvalue weighted by Gasteiger charge is 2.24. The summed E-state index contributed by atoms with van der Waals surface area (Å²) in [5, 5.41) is 0. The van der Waals surface area contributed by atoms with Gasteiger partial charge in [-0.1, -0.05) is 0 Å². The van der Waals surface area contributed by atoms with E-state index in [1.165, 1.54) is 10.5 Å². The zero-order valence-electron chi connectivity index (χ0n) is 8.26. The minimum atomic E-state index is -3.37. The van der Waals surface area contributed by atoms with Crippen LogP contribution in [-0.2, 0) is 10.2 Å². The van der Waals surface area contributed by atoms with E-state index < -0.39 is 10.2 Å². The van der Waals surface area contributed by atoms with Gasteiger partial charge in [0.15, 0.2) is 0 Å². The molecular formula is C9H13N3O2S. The quantitative estimate of drug-likeness (QED) is 0.832. The highest BCUT2D eigenvalue weighted by atomic mass is 32.2. The Kier molecular flexibility index (Phi) is 2.88. The summed E-state index contributed by atoms with van der Waals surface area (Å²) in [7, 11) is -3.37. The number of pyridine rings is 1. The van der Waals surface area contributed by atoms with E-state index >= 15 is 0 Å². The molecule has 0 spiro atoms. The van der Waals surface area contributed by atoms with Crippen LogP contribution in [0.25, 0.3) is 0 Å². The molecule has 2 heterocycles. The number of hydrogen-bond acceptors (Lipinski definition) is 3. The van der Waals surface area contributed by atoms with Gasteiger partial charge >= 0.3 is 10.2 Å². The maximum atomic E-state index is 11.8. The molecule has 1 fully saturated rings. The van der Waals surface area contributed by atoms with Gasteiger partial charge in [-0.2, -0.15) is 12.7 Å². The van der Waals surface area contributed by atoms with Crippen molar-refractivity contribution in [2.75, 3.05) is 17.8 Å². The molecule has 0 radical (unpaired) electrons. The third-order valence-electron chi connectivity index (χ3n) is 2.31. The first-order valence-electron chi connectivity index (χ1n) is 4.86. The molecule has 0 saturated carbocycles. The molecule has 5 nitrogen and oxygen atoms in total. The lowest BCUT2D eigenvalue weighted by atomic mass is 10.4. The first kappa shape index (κ1) is 10.4. The minimum absolute atomic E-state index is 0.504. The Morgan fingerprint density at radius 2 is 2.07 bits per heavy atom. The topological polar surface area (TPSA) is 62.3 Å². The number of nitrogens with zero attached hydrogens (tertiary/aromatic N) is 2. The molecule has 0 amide bonds. The van der Waals surface area contributed by atoms with Crippen molar-refractivity contribution >= 4 is 15.9 Å². The van der Waals surface area contributed by atoms with Crippen LogP contribution in [0.4, 0.5) is 5.69 Å². The molecule has 0 bridgehead atoms. The molecule has 15 heavy (non-hydrogen) atoms. The SMILES string of the molecule is O=S(=O)(Nc1cccnc1)N1CCCC1. The molecule has 1 aromatic rings. The number of aromatic nitrogens is 1. The van der Waals surface area contributed by atoms with Crippen LogP contribution in [0.2, 0.25) is 0 Å². The van der Waals surface area contributed by atoms with E-state index in [-0.39, 0.29) is 0 Å². The molecule has 2 rings (SSSR count). The van der Waals surface area contributed by atoms with Gasteiger partial charge in [0.1, 0.15) is 0 Å². The molecule has 1 aromatic heterocycles. The number of hydrogen-bond donors (Lipinski definition) is 1. The monoisotopic (exact) mass is 227 g/mol. The second-order valence-electron chi connectivity index (χ2n) is 3.45. The summed E-state index contributed by atoms with van der Waals surface area (Å²) in [6.07, 6.45) is 4.98. The smallest absolute Gasteiger partial charge is 0.269 e. The van der Waals surface area contributed by atoms with Crippen LogP contribution in [0.3, 0.4) is 0 Å². The van der Waals surface area contributed by atoms with Gasteiger partial charge in [-0.15, -0.1) is 0 Å². The maximum absolute atomic E-state index is 11.8. The molecule has 1 aliphatic heterocycles. The fourth-order valence-corrected chi connectivity index (χ4v) is 2.85. The van der Waals surface area contributed by atoms with Crippen molar-refractivity contribution in [3.63, 3.8) is 0 Å². The fraction of sp³-hybridized carbons (Fsp3) is 0.444. The Morgan fingerprint density at radius 1 is 1.33 bits per heavy atom. The number of rotatable bonds is 3. The zero-order chi connectivity index (χ0) is 10.7. The lowest BCUT2D eigenvalue weighted by Crippen LogP contribution is -2.33. The summed E-state index contributed by atoms with van der Waals surface area (Å²) in [4.78, 5) is 3.85. The van der Waals surface area contributed by atoms with Crippen LogP contribution in [0.1, 0.15) is 12.8 Å². The minimum Gasteiger partial charge on any atom is -0.269 e. The fourth-order valence-electron chi connectivity index (χ4n) is 1.57. The standard InChI is InChI=1S/C9H13N3O2S/c13-15(14,12-6-1-2-7-12)11-9-4-3-5-10-8-9/h3-5,8,11H,1-2,6-7H2. The van der Waals surface area contributed by atoms with E-state index in [2.05, 4.69) is 9.71 Å². The van der Waals surface area contributed by atoms with E-state index in [0.717, 1.165) is 12.8 Å². The predicted octanol–water partition coefficient (Wildman–Crippen LogP) is 0.834. The first-order chi connectivity index (χ1) is 7.18. The van der Waals surface area contributed by atoms with Gasteiger partial charge in [0.25, 0.3) is 0 Å². The van der Waals surface area contributed by atoms with Crippen molar-refractivity contribution in [3.05, 3.63) is 24.5 Å². The van der Waals surface area contributed by atoms with Crippen molar-refractivity contribution < 1.29 is 8.42 Å². The molecule has 0 aliphatic carbocycles. The molecule has 1 N–H and O–H groups in total. The third kappa shape index (κ3) is 2.45. The van der Waals surface area contributed by atoms with Crippen molar-refractivity contribution in [2.24, 2.45) is 0 Å². The van der Waals surface area contributed by atoms with Gasteiger partial charge in [-0.05, 0) is 25.0 Å². The maximum Gasteiger partial charge on any atom is 0.301 e. The second-order valence-corrected chi connectivity index (χ2v) is 5.13. The van der Waals surface area contributed by atoms with Crippen LogP contribution in [0.15, 0.2) is 24.5 Å². The van der Waals surface area contributed by atoms with Crippen LogP contribution < -0.4 is 4.72 Å². The molecule has 6 heteroatoms. The van der Waals surface area contributed by atoms with Crippen molar-refractivity contribution in [2.45, 2.75) is 12.8 Å². The van der Waals surface area contributed by atoms with Gasteiger partial charge in [-0.3, -0.25) is 9.71 Å². The summed E-state index contributed by atoms with van der Waals surface area (Å²) >= 11 is 0. The Morgan fingerprint density at radius 3 is 2.67 bits per heavy atom. The molecule has 0 aromatic carbocycles. The molecule has 1 aliphatic rings. The zero-order valence-corrected chi connectivity index (χ0v) is 9.07. The molecular weight excluding hydrogens is 214 g/mol. The van der Waals surface area contributed by atoms with E-state index in [1.807, 2.05) is 0 Å². The van der Waals surface area contributed by atoms with E-state index in [4.69, 9.17) is 0 Å². The van der Waals surface area contributed by atoms with Crippen molar-refractivity contribution in [3.8, 4) is 0 Å². The second kappa shape index (κ2) is 4.16. The highest BCUT2D eigenvalue weighted by molar-refractivity contribution is 7.90. The number of nitrogens with one attached hydrogen (secondary N) is 1. The summed E-state index contributed by atoms with van der Waals surface area (Å²) in [5.41, 5.74) is 0.504. The van der Waals surface area contributed by atoms with E-state index in [9.17, 15) is 8.42 Å². The average molecular weight is 227 g/mol. The van der Waals surface area contributed by atoms with Gasteiger partial charge in [0, 0.05) is 19.3 Å². The Balaban J connectivity index is 2.11. The van der Waals surface area contributed by atoms with Crippen LogP contribution in [0.5, 0.6) is 0 Å². The number of anilines is 1. The van der Waals surface area contributed by atoms with Crippen LogP contribution in [-0.4, -0.2) is 30.8 Å². The van der Waals surface area contributed by atoms with Gasteiger partial charge in [-0.25, -0.2) is 0 Å². The summed E-state index contributed by atoms with van der Waals surface area (Å²) in [6, 6.07) is 3.38. The summed E-state index contributed by atoms with van der Waals surface area (Å²) in [6.45, 7) is 1.21. The van der Waals surface area contributed by atoms with Crippen molar-refractivity contribution in [1.29, 1.82) is 0 Å². The van der Waals surface area contributed by atoms with Gasteiger partial charge in [0.2, 0.25) is 0 Å². The lowest BCUT2D eigenvalue weighted by molar-refractivity contribution is 0.482. The third-order valence-corrected chi connectivity index (χ3v) is 3.85. The Hall–Kier alpha value is -1.14. The van der Waals surface area contributed by atoms with Crippen LogP contribution >= 0.6 is 0 Å². The Labute approximate surface area is 89.3 Å². The predicted molar refractivity (Wildman–Crippen MR) is 57.6 cm³/mol. The average Bonchev–Trinajstić information content (AvgIpc) is 2.71. The summed E-state index contributed by atoms with van der Waals surface area (Å²) in [5.74, 6) is 0. The first-order valence-corrected chi connectivity index (χ1v) is 6.30. The lowest BCUT2D eigenvalue weighted by Gasteiger charge is -2.16. The van der Waals surface area contributed by atoms with E-state index in [0.29, 0.717) is 18.8 Å². The largest absolute Gasteiger partial charge is 0.301 e. The van der Waals surface area contributed by atoms with Crippen molar-refractivity contribution in [1.82, 2.24) is 9.29 Å². The molecule has 0 atom stereocenters. The highest BCUT2D eigenvalue weighted by Crippen LogP contribution is 2.15. The van der Waals surface area contributed by atoms with Gasteiger partial charge in [0.05, 0.1) is 11.9 Å². The molecule has 1 saturated heterocycles. The normalized spacial score (nSPS) is 17.9. The molecule has 0 unspecified atom stereocenters. The van der Waals surface area contributed by atoms with Crippen LogP contribution in [0, 0.1) is 0 Å². The molecule has 82 valence electrons. The Bertz CT molecular complexity index is 412. The van der Waals surface area contributed by atoms with E-state index in [1.54, 1.807) is 18.3 Å².